The third-order valence-corrected chi connectivity index (χ3v) is 5.89. The molecule has 0 aliphatic carbocycles. The zero-order chi connectivity index (χ0) is 19.3. The fraction of sp³-hybridized carbons (Fsp3) is 0.318. The van der Waals surface area contributed by atoms with Crippen LogP contribution in [0.5, 0.6) is 0 Å². The van der Waals surface area contributed by atoms with Gasteiger partial charge in [0.2, 0.25) is 5.82 Å². The van der Waals surface area contributed by atoms with Gasteiger partial charge in [-0.1, -0.05) is 54.6 Å². The summed E-state index contributed by atoms with van der Waals surface area (Å²) in [5.41, 5.74) is 3.40. The van der Waals surface area contributed by atoms with E-state index in [1.807, 2.05) is 49.4 Å². The van der Waals surface area contributed by atoms with Crippen LogP contribution in [0.15, 0.2) is 54.6 Å². The van der Waals surface area contributed by atoms with Crippen LogP contribution in [0.2, 0.25) is 0 Å². The number of halogens is 1. The predicted molar refractivity (Wildman–Crippen MR) is 103 cm³/mol. The van der Waals surface area contributed by atoms with Crippen LogP contribution in [-0.2, 0) is 6.42 Å². The van der Waals surface area contributed by atoms with Crippen molar-refractivity contribution in [3.8, 4) is 0 Å². The molecule has 0 bridgehead atoms. The Hall–Kier alpha value is -3.02. The molecule has 2 aliphatic rings. The highest BCUT2D eigenvalue weighted by molar-refractivity contribution is 5.91. The van der Waals surface area contributed by atoms with Crippen LogP contribution in [0.1, 0.15) is 64.7 Å². The summed E-state index contributed by atoms with van der Waals surface area (Å²) in [5, 5.41) is 4.44. The Morgan fingerprint density at radius 1 is 1.11 bits per heavy atom. The summed E-state index contributed by atoms with van der Waals surface area (Å²) in [6.45, 7) is 2.63. The summed E-state index contributed by atoms with van der Waals surface area (Å²) >= 11 is 0. The lowest BCUT2D eigenvalue weighted by atomic mass is 9.93. The molecule has 3 unspecified atom stereocenters. The molecule has 3 atom stereocenters. The molecular formula is C22H21FN4O. The van der Waals surface area contributed by atoms with Gasteiger partial charge in [0.15, 0.2) is 12.0 Å². The minimum atomic E-state index is -1.21. The minimum Gasteiger partial charge on any atom is -0.329 e. The highest BCUT2D eigenvalue weighted by Crippen LogP contribution is 2.39. The van der Waals surface area contributed by atoms with E-state index in [2.05, 4.69) is 22.2 Å². The van der Waals surface area contributed by atoms with Gasteiger partial charge in [0.25, 0.3) is 5.91 Å². The molecule has 0 spiro atoms. The Morgan fingerprint density at radius 3 is 2.68 bits per heavy atom. The van der Waals surface area contributed by atoms with Gasteiger partial charge in [-0.3, -0.25) is 4.79 Å². The van der Waals surface area contributed by atoms with Gasteiger partial charge in [-0.05, 0) is 30.0 Å². The summed E-state index contributed by atoms with van der Waals surface area (Å²) in [5.74, 6) is 0.106. The van der Waals surface area contributed by atoms with Gasteiger partial charge >= 0.3 is 0 Å². The zero-order valence-corrected chi connectivity index (χ0v) is 15.6. The Kier molecular flexibility index (Phi) is 4.00. The molecule has 0 radical (unpaired) electrons. The van der Waals surface area contributed by atoms with Crippen molar-refractivity contribution in [1.29, 1.82) is 0 Å². The molecule has 3 aromatic rings. The molecule has 5 nitrogen and oxygen atoms in total. The highest BCUT2D eigenvalue weighted by Gasteiger charge is 2.38. The van der Waals surface area contributed by atoms with Crippen molar-refractivity contribution in [1.82, 2.24) is 19.7 Å². The number of fused-ring (bicyclic) bond motifs is 2. The SMILES string of the molecule is CC1c2ccccc2CCN1C(=O)c1nc2n(n1)C(c1ccccc1)CC2F. The van der Waals surface area contributed by atoms with Crippen LogP contribution < -0.4 is 0 Å². The predicted octanol–water partition coefficient (Wildman–Crippen LogP) is 4.04. The van der Waals surface area contributed by atoms with Crippen molar-refractivity contribution in [3.63, 3.8) is 0 Å². The standard InChI is InChI=1S/C22H21FN4O/c1-14-17-10-6-5-7-15(17)11-12-26(14)22(28)20-24-21-18(23)13-19(27(21)25-20)16-8-3-2-4-9-16/h2-10,14,18-19H,11-13H2,1H3. The smallest absolute Gasteiger partial charge is 0.294 e. The van der Waals surface area contributed by atoms with Crippen LogP contribution in [0.25, 0.3) is 0 Å². The Bertz CT molecular complexity index is 1030. The summed E-state index contributed by atoms with van der Waals surface area (Å²) in [6.07, 6.45) is -0.0989. The Labute approximate surface area is 162 Å². The van der Waals surface area contributed by atoms with Crippen LogP contribution in [0, 0.1) is 0 Å². The number of carbonyl (C=O) groups excluding carboxylic acids is 1. The van der Waals surface area contributed by atoms with Gasteiger partial charge in [0.05, 0.1) is 12.1 Å². The molecule has 142 valence electrons. The lowest BCUT2D eigenvalue weighted by Crippen LogP contribution is -2.39. The molecule has 0 saturated carbocycles. The molecule has 5 rings (SSSR count). The van der Waals surface area contributed by atoms with Gasteiger partial charge in [-0.15, -0.1) is 5.10 Å². The number of carbonyl (C=O) groups is 1. The number of hydrogen-bond acceptors (Lipinski definition) is 3. The van der Waals surface area contributed by atoms with E-state index in [1.165, 1.54) is 5.56 Å². The Balaban J connectivity index is 1.46. The van der Waals surface area contributed by atoms with E-state index in [4.69, 9.17) is 0 Å². The highest BCUT2D eigenvalue weighted by atomic mass is 19.1. The first-order valence-electron chi connectivity index (χ1n) is 9.67. The zero-order valence-electron chi connectivity index (χ0n) is 15.6. The van der Waals surface area contributed by atoms with E-state index in [-0.39, 0.29) is 29.6 Å². The molecule has 1 amide bonds. The maximum Gasteiger partial charge on any atom is 0.294 e. The Morgan fingerprint density at radius 2 is 1.86 bits per heavy atom. The molecule has 3 heterocycles. The van der Waals surface area contributed by atoms with E-state index < -0.39 is 6.17 Å². The van der Waals surface area contributed by atoms with Crippen molar-refractivity contribution in [2.24, 2.45) is 0 Å². The van der Waals surface area contributed by atoms with E-state index in [0.29, 0.717) is 13.0 Å². The molecule has 2 aromatic carbocycles. The number of benzene rings is 2. The van der Waals surface area contributed by atoms with Crippen molar-refractivity contribution < 1.29 is 9.18 Å². The van der Waals surface area contributed by atoms with Gasteiger partial charge in [0, 0.05) is 13.0 Å². The van der Waals surface area contributed by atoms with Crippen molar-refractivity contribution in [3.05, 3.63) is 82.9 Å². The second-order valence-corrected chi connectivity index (χ2v) is 7.49. The molecule has 1 aromatic heterocycles. The molecule has 0 N–H and O–H groups in total. The first kappa shape index (κ1) is 17.1. The second-order valence-electron chi connectivity index (χ2n) is 7.49. The summed E-state index contributed by atoms with van der Waals surface area (Å²) in [6, 6.07) is 17.6. The first-order valence-corrected chi connectivity index (χ1v) is 9.67. The van der Waals surface area contributed by atoms with Crippen LogP contribution in [-0.4, -0.2) is 32.1 Å². The van der Waals surface area contributed by atoms with Crippen molar-refractivity contribution in [2.45, 2.75) is 38.0 Å². The summed E-state index contributed by atoms with van der Waals surface area (Å²) < 4.78 is 16.2. The van der Waals surface area contributed by atoms with Crippen molar-refractivity contribution in [2.75, 3.05) is 6.54 Å². The van der Waals surface area contributed by atoms with E-state index in [0.717, 1.165) is 17.5 Å². The normalized spacial score (nSPS) is 23.4. The lowest BCUT2D eigenvalue weighted by molar-refractivity contribution is 0.0664. The number of amides is 1. The van der Waals surface area contributed by atoms with E-state index >= 15 is 0 Å². The maximum atomic E-state index is 14.6. The third kappa shape index (κ3) is 2.63. The topological polar surface area (TPSA) is 51.0 Å². The average molecular weight is 376 g/mol. The van der Waals surface area contributed by atoms with E-state index in [1.54, 1.807) is 9.58 Å². The number of nitrogens with zero attached hydrogens (tertiary/aromatic N) is 4. The molecule has 28 heavy (non-hydrogen) atoms. The van der Waals surface area contributed by atoms with Gasteiger partial charge in [0.1, 0.15) is 0 Å². The number of aromatic nitrogens is 3. The number of hydrogen-bond donors (Lipinski definition) is 0. The first-order chi connectivity index (χ1) is 13.6. The van der Waals surface area contributed by atoms with Gasteiger partial charge in [-0.2, -0.15) is 0 Å². The van der Waals surface area contributed by atoms with Crippen LogP contribution in [0.4, 0.5) is 4.39 Å². The fourth-order valence-corrected chi connectivity index (χ4v) is 4.40. The maximum absolute atomic E-state index is 14.6. The van der Waals surface area contributed by atoms with Crippen LogP contribution in [0.3, 0.4) is 0 Å². The molecule has 0 saturated heterocycles. The minimum absolute atomic E-state index is 0.0538. The molecular weight excluding hydrogens is 355 g/mol. The van der Waals surface area contributed by atoms with Gasteiger partial charge < -0.3 is 4.90 Å². The molecule has 6 heteroatoms. The summed E-state index contributed by atoms with van der Waals surface area (Å²) in [7, 11) is 0. The van der Waals surface area contributed by atoms with Gasteiger partial charge in [-0.25, -0.2) is 14.1 Å². The van der Waals surface area contributed by atoms with Crippen LogP contribution >= 0.6 is 0 Å². The lowest BCUT2D eigenvalue weighted by Gasteiger charge is -2.34. The number of rotatable bonds is 2. The summed E-state index contributed by atoms with van der Waals surface area (Å²) in [4.78, 5) is 19.2. The quantitative estimate of drug-likeness (QED) is 0.678. The van der Waals surface area contributed by atoms with E-state index in [9.17, 15) is 9.18 Å². The fourth-order valence-electron chi connectivity index (χ4n) is 4.40. The number of alkyl halides is 1. The monoisotopic (exact) mass is 376 g/mol. The van der Waals surface area contributed by atoms with Crippen molar-refractivity contribution >= 4 is 5.91 Å². The second kappa shape index (κ2) is 6.55. The molecule has 2 aliphatic heterocycles. The largest absolute Gasteiger partial charge is 0.329 e. The average Bonchev–Trinajstić information content (AvgIpc) is 3.29. The third-order valence-electron chi connectivity index (χ3n) is 5.89. The molecule has 0 fully saturated rings.